The van der Waals surface area contributed by atoms with Crippen molar-refractivity contribution in [2.45, 2.75) is 40.2 Å². The molecule has 0 aromatic heterocycles. The lowest BCUT2D eigenvalue weighted by atomic mass is 10.0. The van der Waals surface area contributed by atoms with E-state index in [0.29, 0.717) is 0 Å². The average Bonchev–Trinajstić information content (AvgIpc) is 2.01. The zero-order valence-corrected chi connectivity index (χ0v) is 10.5. The fraction of sp³-hybridized carbons (Fsp3) is 0.833. The molecule has 84 valence electrons. The minimum absolute atomic E-state index is 0.195. The molecule has 0 aromatic carbocycles. The third-order valence-electron chi connectivity index (χ3n) is 2.21. The van der Waals surface area contributed by atoms with E-state index in [0.717, 1.165) is 26.2 Å². The molecule has 0 amide bonds. The molecule has 0 bridgehead atoms. The summed E-state index contributed by atoms with van der Waals surface area (Å²) >= 11 is 0. The van der Waals surface area contributed by atoms with Gasteiger partial charge in [-0.1, -0.05) is 26.0 Å². The van der Waals surface area contributed by atoms with E-state index in [2.05, 4.69) is 51.4 Å². The molecule has 2 heteroatoms. The number of nitrogens with one attached hydrogen (secondary N) is 1. The number of nitrogens with zero attached hydrogens (tertiary/aromatic N) is 1. The summed E-state index contributed by atoms with van der Waals surface area (Å²) in [5, 5.41) is 3.49. The number of hydrogen-bond donors (Lipinski definition) is 1. The van der Waals surface area contributed by atoms with Crippen LogP contribution in [0.15, 0.2) is 12.2 Å². The van der Waals surface area contributed by atoms with Crippen LogP contribution in [-0.2, 0) is 0 Å². The van der Waals surface area contributed by atoms with Gasteiger partial charge in [-0.05, 0) is 33.9 Å². The van der Waals surface area contributed by atoms with Crippen molar-refractivity contribution in [3.63, 3.8) is 0 Å². The summed E-state index contributed by atoms with van der Waals surface area (Å²) < 4.78 is 0. The fourth-order valence-electron chi connectivity index (χ4n) is 1.75. The molecule has 0 spiro atoms. The Hall–Kier alpha value is -0.340. The quantitative estimate of drug-likeness (QED) is 0.631. The van der Waals surface area contributed by atoms with Crippen molar-refractivity contribution < 1.29 is 0 Å². The molecule has 0 heterocycles. The predicted molar refractivity (Wildman–Crippen MR) is 64.7 cm³/mol. The van der Waals surface area contributed by atoms with Gasteiger partial charge in [-0.25, -0.2) is 0 Å². The Morgan fingerprint density at radius 1 is 1.36 bits per heavy atom. The molecule has 0 unspecified atom stereocenters. The zero-order chi connectivity index (χ0) is 11.2. The third-order valence-corrected chi connectivity index (χ3v) is 2.21. The van der Waals surface area contributed by atoms with Crippen molar-refractivity contribution in [1.82, 2.24) is 10.2 Å². The van der Waals surface area contributed by atoms with Crippen molar-refractivity contribution in [2.75, 3.05) is 26.2 Å². The molecule has 14 heavy (non-hydrogen) atoms. The minimum Gasteiger partial charge on any atom is -0.311 e. The van der Waals surface area contributed by atoms with Crippen LogP contribution in [0, 0.1) is 0 Å². The van der Waals surface area contributed by atoms with Crippen LogP contribution >= 0.6 is 0 Å². The number of rotatable bonds is 7. The molecule has 0 fully saturated rings. The summed E-state index contributed by atoms with van der Waals surface area (Å²) in [5.74, 6) is 0. The van der Waals surface area contributed by atoms with Crippen LogP contribution in [0.5, 0.6) is 0 Å². The van der Waals surface area contributed by atoms with Gasteiger partial charge in [-0.3, -0.25) is 4.90 Å². The molecule has 0 aliphatic rings. The summed E-state index contributed by atoms with van der Waals surface area (Å²) in [6, 6.07) is 0. The van der Waals surface area contributed by atoms with Gasteiger partial charge in [0.2, 0.25) is 0 Å². The summed E-state index contributed by atoms with van der Waals surface area (Å²) in [7, 11) is 0. The predicted octanol–water partition coefficient (Wildman–Crippen LogP) is 2.27. The Morgan fingerprint density at radius 3 is 2.29 bits per heavy atom. The van der Waals surface area contributed by atoms with Crippen LogP contribution in [0.2, 0.25) is 0 Å². The minimum atomic E-state index is 0.195. The Morgan fingerprint density at radius 2 is 1.93 bits per heavy atom. The zero-order valence-electron chi connectivity index (χ0n) is 10.5. The maximum atomic E-state index is 3.96. The molecule has 0 saturated carbocycles. The van der Waals surface area contributed by atoms with Gasteiger partial charge in [0.05, 0.1) is 0 Å². The Balaban J connectivity index is 4.08. The van der Waals surface area contributed by atoms with Crippen molar-refractivity contribution in [3.05, 3.63) is 12.2 Å². The fourth-order valence-corrected chi connectivity index (χ4v) is 1.75. The van der Waals surface area contributed by atoms with Crippen molar-refractivity contribution in [2.24, 2.45) is 0 Å². The largest absolute Gasteiger partial charge is 0.311 e. The van der Waals surface area contributed by atoms with E-state index in [1.165, 1.54) is 5.57 Å². The molecular weight excluding hydrogens is 172 g/mol. The van der Waals surface area contributed by atoms with Crippen LogP contribution in [0.3, 0.4) is 0 Å². The molecule has 2 nitrogen and oxygen atoms in total. The maximum absolute atomic E-state index is 3.96. The first kappa shape index (κ1) is 13.7. The van der Waals surface area contributed by atoms with E-state index in [4.69, 9.17) is 0 Å². The molecule has 0 aliphatic heterocycles. The topological polar surface area (TPSA) is 15.3 Å². The lowest BCUT2D eigenvalue weighted by Crippen LogP contribution is -2.49. The van der Waals surface area contributed by atoms with Crippen molar-refractivity contribution in [1.29, 1.82) is 0 Å². The van der Waals surface area contributed by atoms with E-state index < -0.39 is 0 Å². The monoisotopic (exact) mass is 198 g/mol. The number of likely N-dealkylation sites (N-methyl/N-ethyl adjacent to an activating group) is 2. The van der Waals surface area contributed by atoms with Gasteiger partial charge >= 0.3 is 0 Å². The van der Waals surface area contributed by atoms with Gasteiger partial charge in [0.1, 0.15) is 0 Å². The van der Waals surface area contributed by atoms with Crippen LogP contribution < -0.4 is 5.32 Å². The summed E-state index contributed by atoms with van der Waals surface area (Å²) in [5.41, 5.74) is 1.43. The van der Waals surface area contributed by atoms with Crippen molar-refractivity contribution >= 4 is 0 Å². The Labute approximate surface area is 89.4 Å². The van der Waals surface area contributed by atoms with E-state index in [-0.39, 0.29) is 5.54 Å². The van der Waals surface area contributed by atoms with Crippen LogP contribution in [0.25, 0.3) is 0 Å². The highest BCUT2D eigenvalue weighted by atomic mass is 15.2. The van der Waals surface area contributed by atoms with E-state index in [1.54, 1.807) is 0 Å². The lowest BCUT2D eigenvalue weighted by molar-refractivity contribution is 0.224. The third kappa shape index (κ3) is 6.17. The lowest BCUT2D eigenvalue weighted by Gasteiger charge is -2.32. The first-order valence-corrected chi connectivity index (χ1v) is 5.53. The molecule has 0 atom stereocenters. The van der Waals surface area contributed by atoms with Crippen LogP contribution in [0.4, 0.5) is 0 Å². The van der Waals surface area contributed by atoms with E-state index in [9.17, 15) is 0 Å². The van der Waals surface area contributed by atoms with Gasteiger partial charge in [-0.15, -0.1) is 0 Å². The van der Waals surface area contributed by atoms with Gasteiger partial charge in [0, 0.05) is 18.6 Å². The first-order chi connectivity index (χ1) is 6.41. The maximum Gasteiger partial charge on any atom is 0.0252 e. The van der Waals surface area contributed by atoms with Gasteiger partial charge in [-0.2, -0.15) is 0 Å². The van der Waals surface area contributed by atoms with Gasteiger partial charge in [0.25, 0.3) is 0 Å². The second kappa shape index (κ2) is 6.20. The normalized spacial score (nSPS) is 12.1. The van der Waals surface area contributed by atoms with Gasteiger partial charge < -0.3 is 5.32 Å². The summed E-state index contributed by atoms with van der Waals surface area (Å²) in [4.78, 5) is 2.42. The molecule has 0 aromatic rings. The number of hydrogen-bond acceptors (Lipinski definition) is 2. The highest BCUT2D eigenvalue weighted by molar-refractivity contribution is 4.93. The Bertz CT molecular complexity index is 173. The second-order valence-corrected chi connectivity index (χ2v) is 4.67. The van der Waals surface area contributed by atoms with E-state index in [1.807, 2.05) is 0 Å². The van der Waals surface area contributed by atoms with Crippen LogP contribution in [0.1, 0.15) is 34.6 Å². The van der Waals surface area contributed by atoms with Crippen molar-refractivity contribution in [3.8, 4) is 0 Å². The second-order valence-electron chi connectivity index (χ2n) is 4.67. The molecule has 1 N–H and O–H groups in total. The first-order valence-electron chi connectivity index (χ1n) is 5.53. The Kier molecular flexibility index (Phi) is 6.05. The highest BCUT2D eigenvalue weighted by Gasteiger charge is 2.19. The summed E-state index contributed by atoms with van der Waals surface area (Å²) in [6.07, 6.45) is 0. The SMILES string of the molecule is C=C(C)CN(CC)CC(C)(C)NCC. The summed E-state index contributed by atoms with van der Waals surface area (Å²) in [6.45, 7) is 19.1. The van der Waals surface area contributed by atoms with E-state index >= 15 is 0 Å². The molecule has 0 aliphatic carbocycles. The molecule has 0 radical (unpaired) electrons. The van der Waals surface area contributed by atoms with Crippen LogP contribution in [-0.4, -0.2) is 36.6 Å². The molecule has 0 saturated heterocycles. The van der Waals surface area contributed by atoms with Gasteiger partial charge in [0.15, 0.2) is 0 Å². The standard InChI is InChI=1S/C12H26N2/c1-7-13-12(5,6)10-14(8-2)9-11(3)4/h13H,3,7-10H2,1-2,4-6H3. The molecule has 0 rings (SSSR count). The molecular formula is C12H26N2. The average molecular weight is 198 g/mol. The smallest absolute Gasteiger partial charge is 0.0252 e. The highest BCUT2D eigenvalue weighted by Crippen LogP contribution is 2.06.